The molecule has 3 rings (SSSR count). The van der Waals surface area contributed by atoms with E-state index in [9.17, 15) is 0 Å². The molecule has 18 heavy (non-hydrogen) atoms. The van der Waals surface area contributed by atoms with Crippen LogP contribution in [0.2, 0.25) is 0 Å². The van der Waals surface area contributed by atoms with Gasteiger partial charge in [-0.3, -0.25) is 4.90 Å². The molecular weight excluding hydrogens is 288 g/mol. The molecule has 2 atom stereocenters. The zero-order valence-electron chi connectivity index (χ0n) is 10.7. The molecule has 3 heteroatoms. The Balaban J connectivity index is 1.64. The summed E-state index contributed by atoms with van der Waals surface area (Å²) in [5.41, 5.74) is 1.52. The van der Waals surface area contributed by atoms with Crippen LogP contribution in [0.5, 0.6) is 0 Å². The highest BCUT2D eigenvalue weighted by atomic mass is 79.9. The van der Waals surface area contributed by atoms with Gasteiger partial charge in [0.15, 0.2) is 0 Å². The Kier molecular flexibility index (Phi) is 4.02. The highest BCUT2D eigenvalue weighted by Crippen LogP contribution is 2.37. The molecule has 1 saturated carbocycles. The Hall–Kier alpha value is -0.380. The minimum absolute atomic E-state index is 0.766. The summed E-state index contributed by atoms with van der Waals surface area (Å²) < 4.78 is 1.21. The third kappa shape index (κ3) is 2.79. The third-order valence-electron chi connectivity index (χ3n) is 4.39. The molecule has 1 aliphatic heterocycles. The molecule has 1 aromatic rings. The van der Waals surface area contributed by atoms with E-state index in [0.29, 0.717) is 0 Å². The Morgan fingerprint density at radius 3 is 2.78 bits per heavy atom. The van der Waals surface area contributed by atoms with Crippen LogP contribution in [0.4, 0.5) is 0 Å². The maximum Gasteiger partial charge on any atom is 0.0178 e. The fraction of sp³-hybridized carbons (Fsp3) is 0.600. The fourth-order valence-corrected chi connectivity index (χ4v) is 3.82. The number of halogens is 1. The summed E-state index contributed by atoms with van der Waals surface area (Å²) in [5.74, 6) is 0.766. The van der Waals surface area contributed by atoms with Crippen molar-refractivity contribution in [1.82, 2.24) is 10.2 Å². The van der Waals surface area contributed by atoms with Crippen molar-refractivity contribution in [3.8, 4) is 0 Å². The standard InChI is InChI=1S/C15H21BrN2/c16-14-3-1-2-12(10-14)13-4-5-15(11-13)18-8-6-17-7-9-18/h1-3,10,13,15,17H,4-9,11H2. The van der Waals surface area contributed by atoms with E-state index in [4.69, 9.17) is 0 Å². The molecule has 1 saturated heterocycles. The predicted molar refractivity (Wildman–Crippen MR) is 79.0 cm³/mol. The van der Waals surface area contributed by atoms with Crippen molar-refractivity contribution in [2.24, 2.45) is 0 Å². The van der Waals surface area contributed by atoms with Crippen molar-refractivity contribution < 1.29 is 0 Å². The molecule has 1 aromatic carbocycles. The van der Waals surface area contributed by atoms with Gasteiger partial charge in [-0.1, -0.05) is 28.1 Å². The Labute approximate surface area is 118 Å². The van der Waals surface area contributed by atoms with Gasteiger partial charge in [0.05, 0.1) is 0 Å². The summed E-state index contributed by atoms with van der Waals surface area (Å²) in [4.78, 5) is 2.69. The van der Waals surface area contributed by atoms with E-state index in [2.05, 4.69) is 50.4 Å². The molecule has 0 amide bonds. The number of rotatable bonds is 2. The molecule has 1 aliphatic carbocycles. The summed E-state index contributed by atoms with van der Waals surface area (Å²) in [7, 11) is 0. The molecule has 0 aromatic heterocycles. The smallest absolute Gasteiger partial charge is 0.0178 e. The van der Waals surface area contributed by atoms with Crippen molar-refractivity contribution in [3.63, 3.8) is 0 Å². The van der Waals surface area contributed by atoms with Gasteiger partial charge in [0, 0.05) is 36.7 Å². The molecule has 1 heterocycles. The van der Waals surface area contributed by atoms with Crippen molar-refractivity contribution in [2.45, 2.75) is 31.2 Å². The second-order valence-corrected chi connectivity index (χ2v) is 6.42. The summed E-state index contributed by atoms with van der Waals surface area (Å²) >= 11 is 3.58. The van der Waals surface area contributed by atoms with Crippen LogP contribution in [0.3, 0.4) is 0 Å². The van der Waals surface area contributed by atoms with Crippen molar-refractivity contribution in [3.05, 3.63) is 34.3 Å². The average Bonchev–Trinajstić information content (AvgIpc) is 2.89. The molecular formula is C15H21BrN2. The van der Waals surface area contributed by atoms with E-state index >= 15 is 0 Å². The molecule has 2 aliphatic rings. The van der Waals surface area contributed by atoms with Crippen LogP contribution in [0.25, 0.3) is 0 Å². The number of hydrogen-bond acceptors (Lipinski definition) is 2. The van der Waals surface area contributed by atoms with Crippen molar-refractivity contribution in [1.29, 1.82) is 0 Å². The van der Waals surface area contributed by atoms with Gasteiger partial charge in [-0.25, -0.2) is 0 Å². The lowest BCUT2D eigenvalue weighted by Crippen LogP contribution is -2.47. The molecule has 0 bridgehead atoms. The number of nitrogens with zero attached hydrogens (tertiary/aromatic N) is 1. The van der Waals surface area contributed by atoms with E-state index in [0.717, 1.165) is 25.0 Å². The lowest BCUT2D eigenvalue weighted by atomic mass is 9.97. The van der Waals surface area contributed by atoms with Crippen LogP contribution in [0, 0.1) is 0 Å². The third-order valence-corrected chi connectivity index (χ3v) is 4.89. The summed E-state index contributed by atoms with van der Waals surface area (Å²) in [6.07, 6.45) is 4.07. The van der Waals surface area contributed by atoms with E-state index in [1.54, 1.807) is 0 Å². The SMILES string of the molecule is Brc1cccc(C2CCC(N3CCNCC3)C2)c1. The number of piperazine rings is 1. The quantitative estimate of drug-likeness (QED) is 0.903. The molecule has 98 valence electrons. The molecule has 2 unspecified atom stereocenters. The highest BCUT2D eigenvalue weighted by Gasteiger charge is 2.30. The summed E-state index contributed by atoms with van der Waals surface area (Å²) in [6, 6.07) is 9.68. The number of benzene rings is 1. The van der Waals surface area contributed by atoms with Crippen LogP contribution < -0.4 is 5.32 Å². The lowest BCUT2D eigenvalue weighted by molar-refractivity contribution is 0.174. The van der Waals surface area contributed by atoms with Crippen LogP contribution in [-0.2, 0) is 0 Å². The van der Waals surface area contributed by atoms with Gasteiger partial charge in [0.1, 0.15) is 0 Å². The van der Waals surface area contributed by atoms with Gasteiger partial charge < -0.3 is 5.32 Å². The molecule has 1 N–H and O–H groups in total. The van der Waals surface area contributed by atoms with Crippen molar-refractivity contribution >= 4 is 15.9 Å². The van der Waals surface area contributed by atoms with Gasteiger partial charge in [0.25, 0.3) is 0 Å². The first kappa shape index (κ1) is 12.6. The maximum atomic E-state index is 3.58. The fourth-order valence-electron chi connectivity index (χ4n) is 3.40. The van der Waals surface area contributed by atoms with Gasteiger partial charge >= 0.3 is 0 Å². The maximum absolute atomic E-state index is 3.58. The Bertz CT molecular complexity index is 401. The lowest BCUT2D eigenvalue weighted by Gasteiger charge is -2.32. The molecule has 2 fully saturated rings. The van der Waals surface area contributed by atoms with Gasteiger partial charge in [-0.2, -0.15) is 0 Å². The van der Waals surface area contributed by atoms with E-state index in [1.165, 1.54) is 42.4 Å². The topological polar surface area (TPSA) is 15.3 Å². The first-order valence-electron chi connectivity index (χ1n) is 7.03. The number of nitrogens with one attached hydrogen (secondary N) is 1. The van der Waals surface area contributed by atoms with Gasteiger partial charge in [0.2, 0.25) is 0 Å². The average molecular weight is 309 g/mol. The van der Waals surface area contributed by atoms with Gasteiger partial charge in [-0.05, 0) is 42.9 Å². The van der Waals surface area contributed by atoms with E-state index < -0.39 is 0 Å². The van der Waals surface area contributed by atoms with Crippen LogP contribution in [0.1, 0.15) is 30.7 Å². The first-order chi connectivity index (χ1) is 8.83. The number of hydrogen-bond donors (Lipinski definition) is 1. The predicted octanol–water partition coefficient (Wildman–Crippen LogP) is 2.99. The minimum atomic E-state index is 0.766. The second-order valence-electron chi connectivity index (χ2n) is 5.50. The van der Waals surface area contributed by atoms with Gasteiger partial charge in [-0.15, -0.1) is 0 Å². The largest absolute Gasteiger partial charge is 0.314 e. The van der Waals surface area contributed by atoms with E-state index in [1.807, 2.05) is 0 Å². The van der Waals surface area contributed by atoms with Crippen LogP contribution >= 0.6 is 15.9 Å². The van der Waals surface area contributed by atoms with Crippen molar-refractivity contribution in [2.75, 3.05) is 26.2 Å². The first-order valence-corrected chi connectivity index (χ1v) is 7.82. The molecule has 2 nitrogen and oxygen atoms in total. The normalized spacial score (nSPS) is 29.6. The van der Waals surface area contributed by atoms with E-state index in [-0.39, 0.29) is 0 Å². The second kappa shape index (κ2) is 5.72. The van der Waals surface area contributed by atoms with Crippen LogP contribution in [0.15, 0.2) is 28.7 Å². The summed E-state index contributed by atoms with van der Waals surface area (Å²) in [6.45, 7) is 4.79. The summed E-state index contributed by atoms with van der Waals surface area (Å²) in [5, 5.41) is 3.44. The monoisotopic (exact) mass is 308 g/mol. The van der Waals surface area contributed by atoms with Crippen LogP contribution in [-0.4, -0.2) is 37.1 Å². The zero-order chi connectivity index (χ0) is 12.4. The molecule has 0 radical (unpaired) electrons. The highest BCUT2D eigenvalue weighted by molar-refractivity contribution is 9.10. The Morgan fingerprint density at radius 2 is 2.00 bits per heavy atom. The minimum Gasteiger partial charge on any atom is -0.314 e. The Morgan fingerprint density at radius 1 is 1.17 bits per heavy atom. The molecule has 0 spiro atoms. The zero-order valence-corrected chi connectivity index (χ0v) is 12.3.